The molecule has 22 heavy (non-hydrogen) atoms. The molecule has 1 saturated heterocycles. The number of aromatic nitrogens is 2. The third kappa shape index (κ3) is 2.11. The van der Waals surface area contributed by atoms with E-state index in [2.05, 4.69) is 70.4 Å². The molecule has 1 aliphatic rings. The standard InChI is InChI=1S/C18H20N4/c1-13-15-8-7-14-5-3-4-6-16(14)17(15)19-20-18(13)22-11-9-21(2)10-12-22/h3-8H,9-12H2,1-2H3. The van der Waals surface area contributed by atoms with Crippen LogP contribution in [0.4, 0.5) is 5.82 Å². The van der Waals surface area contributed by atoms with Crippen molar-refractivity contribution >= 4 is 27.5 Å². The molecule has 1 aromatic heterocycles. The minimum absolute atomic E-state index is 1.01. The Hall–Kier alpha value is -2.20. The Kier molecular flexibility index (Phi) is 3.19. The summed E-state index contributed by atoms with van der Waals surface area (Å²) in [5.74, 6) is 1.04. The minimum Gasteiger partial charge on any atom is -0.352 e. The molecule has 4 rings (SSSR count). The lowest BCUT2D eigenvalue weighted by Gasteiger charge is -2.33. The first-order chi connectivity index (χ1) is 10.7. The zero-order valence-electron chi connectivity index (χ0n) is 13.1. The van der Waals surface area contributed by atoms with Gasteiger partial charge in [-0.3, -0.25) is 0 Å². The van der Waals surface area contributed by atoms with Gasteiger partial charge in [-0.25, -0.2) is 0 Å². The summed E-state index contributed by atoms with van der Waals surface area (Å²) >= 11 is 0. The average Bonchev–Trinajstić information content (AvgIpc) is 2.56. The number of fused-ring (bicyclic) bond motifs is 3. The first-order valence-electron chi connectivity index (χ1n) is 7.82. The van der Waals surface area contributed by atoms with Gasteiger partial charge in [0, 0.05) is 42.5 Å². The van der Waals surface area contributed by atoms with Crippen LogP contribution in [-0.2, 0) is 0 Å². The van der Waals surface area contributed by atoms with Gasteiger partial charge in [-0.1, -0.05) is 36.4 Å². The predicted molar refractivity (Wildman–Crippen MR) is 91.5 cm³/mol. The van der Waals surface area contributed by atoms with Crippen molar-refractivity contribution in [3.63, 3.8) is 0 Å². The third-order valence-corrected chi connectivity index (χ3v) is 4.69. The highest BCUT2D eigenvalue weighted by molar-refractivity contribution is 6.06. The molecule has 2 aromatic carbocycles. The summed E-state index contributed by atoms with van der Waals surface area (Å²) in [6.45, 7) is 6.36. The first kappa shape index (κ1) is 13.5. The van der Waals surface area contributed by atoms with E-state index in [0.29, 0.717) is 0 Å². The van der Waals surface area contributed by atoms with Gasteiger partial charge in [-0.05, 0) is 19.4 Å². The lowest BCUT2D eigenvalue weighted by molar-refractivity contribution is 0.311. The molecule has 0 unspecified atom stereocenters. The Bertz CT molecular complexity index is 835. The highest BCUT2D eigenvalue weighted by atomic mass is 15.3. The Morgan fingerprint density at radius 3 is 2.45 bits per heavy atom. The first-order valence-corrected chi connectivity index (χ1v) is 7.82. The molecule has 0 radical (unpaired) electrons. The number of hydrogen-bond donors (Lipinski definition) is 0. The van der Waals surface area contributed by atoms with Crippen LogP contribution in [0.3, 0.4) is 0 Å². The van der Waals surface area contributed by atoms with Gasteiger partial charge in [0.2, 0.25) is 0 Å². The molecule has 0 N–H and O–H groups in total. The second-order valence-corrected chi connectivity index (χ2v) is 6.12. The van der Waals surface area contributed by atoms with Crippen LogP contribution in [-0.4, -0.2) is 48.3 Å². The van der Waals surface area contributed by atoms with Crippen LogP contribution in [0.2, 0.25) is 0 Å². The van der Waals surface area contributed by atoms with Gasteiger partial charge in [0.05, 0.1) is 0 Å². The summed E-state index contributed by atoms with van der Waals surface area (Å²) in [5, 5.41) is 12.7. The van der Waals surface area contributed by atoms with E-state index in [0.717, 1.165) is 37.5 Å². The van der Waals surface area contributed by atoms with Crippen molar-refractivity contribution in [2.75, 3.05) is 38.1 Å². The number of hydrogen-bond acceptors (Lipinski definition) is 4. The SMILES string of the molecule is Cc1c(N2CCN(C)CC2)nnc2c1ccc1ccccc12. The van der Waals surface area contributed by atoms with Crippen LogP contribution in [0.5, 0.6) is 0 Å². The lowest BCUT2D eigenvalue weighted by Crippen LogP contribution is -2.45. The monoisotopic (exact) mass is 292 g/mol. The summed E-state index contributed by atoms with van der Waals surface area (Å²) in [5.41, 5.74) is 2.24. The third-order valence-electron chi connectivity index (χ3n) is 4.69. The largest absolute Gasteiger partial charge is 0.352 e. The number of piperazine rings is 1. The van der Waals surface area contributed by atoms with Crippen molar-refractivity contribution in [1.82, 2.24) is 15.1 Å². The molecule has 4 nitrogen and oxygen atoms in total. The van der Waals surface area contributed by atoms with Gasteiger partial charge in [0.1, 0.15) is 5.52 Å². The highest BCUT2D eigenvalue weighted by Gasteiger charge is 2.19. The van der Waals surface area contributed by atoms with Crippen molar-refractivity contribution < 1.29 is 0 Å². The Labute approximate surface area is 130 Å². The fourth-order valence-electron chi connectivity index (χ4n) is 3.28. The fourth-order valence-corrected chi connectivity index (χ4v) is 3.28. The van der Waals surface area contributed by atoms with Crippen molar-refractivity contribution in [3.05, 3.63) is 42.0 Å². The number of rotatable bonds is 1. The summed E-state index contributed by atoms with van der Waals surface area (Å²) in [6.07, 6.45) is 0. The number of benzene rings is 2. The van der Waals surface area contributed by atoms with Gasteiger partial charge in [-0.2, -0.15) is 0 Å². The molecule has 0 bridgehead atoms. The molecule has 0 saturated carbocycles. The van der Waals surface area contributed by atoms with E-state index in [4.69, 9.17) is 0 Å². The van der Waals surface area contributed by atoms with E-state index >= 15 is 0 Å². The molecular formula is C18H20N4. The molecule has 1 fully saturated rings. The van der Waals surface area contributed by atoms with Gasteiger partial charge >= 0.3 is 0 Å². The van der Waals surface area contributed by atoms with E-state index in [1.807, 2.05) is 0 Å². The second-order valence-electron chi connectivity index (χ2n) is 6.12. The molecule has 2 heterocycles. The summed E-state index contributed by atoms with van der Waals surface area (Å²) in [6, 6.07) is 12.7. The molecule has 112 valence electrons. The number of anilines is 1. The van der Waals surface area contributed by atoms with E-state index in [-0.39, 0.29) is 0 Å². The maximum atomic E-state index is 4.56. The van der Waals surface area contributed by atoms with E-state index in [9.17, 15) is 0 Å². The molecule has 4 heteroatoms. The summed E-state index contributed by atoms with van der Waals surface area (Å²) in [7, 11) is 2.17. The van der Waals surface area contributed by atoms with E-state index in [1.54, 1.807) is 0 Å². The molecule has 0 amide bonds. The van der Waals surface area contributed by atoms with Crippen LogP contribution >= 0.6 is 0 Å². The molecule has 0 atom stereocenters. The molecule has 3 aromatic rings. The van der Waals surface area contributed by atoms with Crippen LogP contribution in [0.15, 0.2) is 36.4 Å². The van der Waals surface area contributed by atoms with Gasteiger partial charge in [0.15, 0.2) is 5.82 Å². The van der Waals surface area contributed by atoms with Crippen molar-refractivity contribution in [2.45, 2.75) is 6.92 Å². The minimum atomic E-state index is 1.01. The topological polar surface area (TPSA) is 32.3 Å². The maximum Gasteiger partial charge on any atom is 0.154 e. The molecular weight excluding hydrogens is 272 g/mol. The quantitative estimate of drug-likeness (QED) is 0.646. The smallest absolute Gasteiger partial charge is 0.154 e. The Morgan fingerprint density at radius 1 is 0.864 bits per heavy atom. The molecule has 1 aliphatic heterocycles. The zero-order chi connectivity index (χ0) is 15.1. The fraction of sp³-hybridized carbons (Fsp3) is 0.333. The van der Waals surface area contributed by atoms with Crippen LogP contribution in [0, 0.1) is 6.92 Å². The molecule has 0 aliphatic carbocycles. The Balaban J connectivity index is 1.85. The van der Waals surface area contributed by atoms with Gasteiger partial charge in [0.25, 0.3) is 0 Å². The zero-order valence-corrected chi connectivity index (χ0v) is 13.1. The van der Waals surface area contributed by atoms with Crippen LogP contribution in [0.25, 0.3) is 21.7 Å². The molecule has 0 spiro atoms. The van der Waals surface area contributed by atoms with Crippen molar-refractivity contribution in [3.8, 4) is 0 Å². The number of likely N-dealkylation sites (N-methyl/N-ethyl adjacent to an activating group) is 1. The van der Waals surface area contributed by atoms with Crippen molar-refractivity contribution in [1.29, 1.82) is 0 Å². The van der Waals surface area contributed by atoms with Crippen molar-refractivity contribution in [2.24, 2.45) is 0 Å². The average molecular weight is 292 g/mol. The number of nitrogens with zero attached hydrogens (tertiary/aromatic N) is 4. The predicted octanol–water partition coefficient (Wildman–Crippen LogP) is 2.84. The maximum absolute atomic E-state index is 4.56. The lowest BCUT2D eigenvalue weighted by atomic mass is 10.0. The van der Waals surface area contributed by atoms with Crippen LogP contribution < -0.4 is 4.90 Å². The summed E-state index contributed by atoms with van der Waals surface area (Å²) in [4.78, 5) is 4.71. The van der Waals surface area contributed by atoms with Gasteiger partial charge < -0.3 is 9.80 Å². The van der Waals surface area contributed by atoms with Gasteiger partial charge in [-0.15, -0.1) is 10.2 Å². The highest BCUT2D eigenvalue weighted by Crippen LogP contribution is 2.29. The summed E-state index contributed by atoms with van der Waals surface area (Å²) < 4.78 is 0. The second kappa shape index (κ2) is 5.21. The normalized spacial score (nSPS) is 16.5. The van der Waals surface area contributed by atoms with E-state index in [1.165, 1.54) is 21.7 Å². The van der Waals surface area contributed by atoms with E-state index < -0.39 is 0 Å². The Morgan fingerprint density at radius 2 is 1.64 bits per heavy atom. The van der Waals surface area contributed by atoms with Crippen LogP contribution in [0.1, 0.15) is 5.56 Å². The number of aryl methyl sites for hydroxylation is 1.